The van der Waals surface area contributed by atoms with E-state index in [9.17, 15) is 4.79 Å². The number of rotatable bonds is 6. The molecule has 1 aliphatic rings. The van der Waals surface area contributed by atoms with Gasteiger partial charge in [-0.2, -0.15) is 0 Å². The highest BCUT2D eigenvalue weighted by molar-refractivity contribution is 7.80. The average molecular weight is 273 g/mol. The molecule has 2 N–H and O–H groups in total. The van der Waals surface area contributed by atoms with Crippen LogP contribution < -0.4 is 5.73 Å². The Morgan fingerprint density at radius 1 is 1.39 bits per heavy atom. The number of piperazine rings is 1. The molecule has 1 unspecified atom stereocenters. The lowest BCUT2D eigenvalue weighted by atomic mass is 10.1. The minimum Gasteiger partial charge on any atom is -0.468 e. The highest BCUT2D eigenvalue weighted by atomic mass is 32.1. The molecule has 0 aliphatic carbocycles. The average Bonchev–Trinajstić information content (AvgIpc) is 2.36. The van der Waals surface area contributed by atoms with E-state index in [1.165, 1.54) is 7.11 Å². The number of esters is 1. The van der Waals surface area contributed by atoms with Crippen LogP contribution in [0.5, 0.6) is 0 Å². The van der Waals surface area contributed by atoms with Gasteiger partial charge in [-0.25, -0.2) is 0 Å². The van der Waals surface area contributed by atoms with Gasteiger partial charge in [0.1, 0.15) is 0 Å². The minimum absolute atomic E-state index is 0.178. The fourth-order valence-corrected chi connectivity index (χ4v) is 2.53. The molecule has 1 heterocycles. The van der Waals surface area contributed by atoms with E-state index in [2.05, 4.69) is 21.5 Å². The molecule has 1 aliphatic heterocycles. The quantitative estimate of drug-likeness (QED) is 0.552. The van der Waals surface area contributed by atoms with Crippen LogP contribution in [0, 0.1) is 0 Å². The predicted molar refractivity (Wildman–Crippen MR) is 75.5 cm³/mol. The molecule has 0 aromatic rings. The number of hydrogen-bond acceptors (Lipinski definition) is 5. The normalized spacial score (nSPS) is 19.4. The fourth-order valence-electron chi connectivity index (χ4n) is 2.26. The molecule has 0 saturated carbocycles. The van der Waals surface area contributed by atoms with Gasteiger partial charge in [0.05, 0.1) is 24.7 Å². The van der Waals surface area contributed by atoms with Crippen molar-refractivity contribution in [2.75, 3.05) is 39.8 Å². The number of ether oxygens (including phenoxy) is 1. The third kappa shape index (κ3) is 4.51. The Labute approximate surface area is 114 Å². The number of nitrogens with two attached hydrogens (primary N) is 1. The zero-order valence-corrected chi connectivity index (χ0v) is 12.0. The van der Waals surface area contributed by atoms with Crippen molar-refractivity contribution >= 4 is 23.2 Å². The zero-order valence-electron chi connectivity index (χ0n) is 11.2. The van der Waals surface area contributed by atoms with Crippen LogP contribution in [0.3, 0.4) is 0 Å². The summed E-state index contributed by atoms with van der Waals surface area (Å²) in [4.78, 5) is 16.2. The second-order valence-electron chi connectivity index (χ2n) is 4.60. The maximum absolute atomic E-state index is 11.2. The van der Waals surface area contributed by atoms with Crippen molar-refractivity contribution in [1.29, 1.82) is 0 Å². The summed E-state index contributed by atoms with van der Waals surface area (Å²) in [5.74, 6) is -0.178. The molecule has 6 heteroatoms. The van der Waals surface area contributed by atoms with Crippen molar-refractivity contribution in [2.24, 2.45) is 5.73 Å². The number of hydrogen-bond donors (Lipinski definition) is 1. The van der Waals surface area contributed by atoms with Gasteiger partial charge in [-0.05, 0) is 6.42 Å². The van der Waals surface area contributed by atoms with Crippen molar-refractivity contribution in [3.05, 3.63) is 0 Å². The summed E-state index contributed by atoms with van der Waals surface area (Å²) in [6.45, 7) is 6.03. The van der Waals surface area contributed by atoms with Crippen LogP contribution in [0.1, 0.15) is 19.8 Å². The highest BCUT2D eigenvalue weighted by Gasteiger charge is 2.25. The molecule has 104 valence electrons. The maximum Gasteiger partial charge on any atom is 0.319 e. The molecular weight excluding hydrogens is 250 g/mol. The first-order valence-corrected chi connectivity index (χ1v) is 6.81. The number of carbonyl (C=O) groups excluding carboxylic acids is 1. The van der Waals surface area contributed by atoms with Crippen molar-refractivity contribution in [2.45, 2.75) is 25.8 Å². The Kier molecular flexibility index (Phi) is 6.52. The predicted octanol–water partition coefficient (Wildman–Crippen LogP) is 0.232. The monoisotopic (exact) mass is 273 g/mol. The van der Waals surface area contributed by atoms with E-state index in [0.29, 0.717) is 11.5 Å². The highest BCUT2D eigenvalue weighted by Crippen LogP contribution is 2.11. The van der Waals surface area contributed by atoms with Gasteiger partial charge in [0, 0.05) is 26.2 Å². The van der Waals surface area contributed by atoms with Crippen LogP contribution in [-0.4, -0.2) is 66.6 Å². The van der Waals surface area contributed by atoms with Crippen LogP contribution in [0.15, 0.2) is 0 Å². The molecule has 1 saturated heterocycles. The Bertz CT molecular complexity index is 291. The molecule has 1 atom stereocenters. The van der Waals surface area contributed by atoms with Crippen molar-refractivity contribution in [1.82, 2.24) is 9.80 Å². The molecule has 0 radical (unpaired) electrons. The van der Waals surface area contributed by atoms with Gasteiger partial charge >= 0.3 is 5.97 Å². The van der Waals surface area contributed by atoms with Gasteiger partial charge < -0.3 is 10.5 Å². The van der Waals surface area contributed by atoms with Crippen LogP contribution in [0.4, 0.5) is 0 Å². The first-order valence-electron chi connectivity index (χ1n) is 6.41. The lowest BCUT2D eigenvalue weighted by Gasteiger charge is -2.38. The number of thiocarbonyl (C=S) groups is 1. The van der Waals surface area contributed by atoms with E-state index in [1.54, 1.807) is 0 Å². The first kappa shape index (κ1) is 15.3. The third-order valence-corrected chi connectivity index (χ3v) is 3.59. The molecule has 0 spiro atoms. The standard InChI is InChI=1S/C12H23N3O2S/c1-3-4-10(12(13)18)15-7-5-14(6-8-15)9-11(16)17-2/h10H,3-9H2,1-2H3,(H2,13,18). The topological polar surface area (TPSA) is 58.8 Å². The maximum atomic E-state index is 11.2. The number of carbonyl (C=O) groups is 1. The number of methoxy groups -OCH3 is 1. The second-order valence-corrected chi connectivity index (χ2v) is 5.07. The Balaban J connectivity index is 2.42. The summed E-state index contributed by atoms with van der Waals surface area (Å²) in [7, 11) is 1.42. The van der Waals surface area contributed by atoms with E-state index in [1.807, 2.05) is 0 Å². The van der Waals surface area contributed by atoms with Gasteiger partial charge in [0.2, 0.25) is 0 Å². The lowest BCUT2D eigenvalue weighted by molar-refractivity contribution is -0.142. The molecule has 5 nitrogen and oxygen atoms in total. The summed E-state index contributed by atoms with van der Waals surface area (Å²) in [6, 6.07) is 0.199. The molecular formula is C12H23N3O2S. The van der Waals surface area contributed by atoms with Crippen molar-refractivity contribution in [3.8, 4) is 0 Å². The molecule has 0 aromatic heterocycles. The van der Waals surface area contributed by atoms with Crippen LogP contribution >= 0.6 is 12.2 Å². The molecule has 0 aromatic carbocycles. The molecule has 0 bridgehead atoms. The summed E-state index contributed by atoms with van der Waals surface area (Å²) in [6.07, 6.45) is 2.08. The van der Waals surface area contributed by atoms with Crippen LogP contribution in [-0.2, 0) is 9.53 Å². The van der Waals surface area contributed by atoms with Crippen molar-refractivity contribution in [3.63, 3.8) is 0 Å². The van der Waals surface area contributed by atoms with Gasteiger partial charge in [0.25, 0.3) is 0 Å². The Morgan fingerprint density at radius 2 is 2.00 bits per heavy atom. The number of nitrogens with zero attached hydrogens (tertiary/aromatic N) is 2. The van der Waals surface area contributed by atoms with E-state index in [0.717, 1.165) is 39.0 Å². The van der Waals surface area contributed by atoms with E-state index in [-0.39, 0.29) is 12.0 Å². The Hall–Kier alpha value is -0.720. The third-order valence-electron chi connectivity index (χ3n) is 3.32. The summed E-state index contributed by atoms with van der Waals surface area (Å²) >= 11 is 5.13. The SMILES string of the molecule is CCCC(C(N)=S)N1CCN(CC(=O)OC)CC1. The van der Waals surface area contributed by atoms with E-state index in [4.69, 9.17) is 18.0 Å². The molecule has 1 rings (SSSR count). The fraction of sp³-hybridized carbons (Fsp3) is 0.833. The minimum atomic E-state index is -0.178. The van der Waals surface area contributed by atoms with Crippen molar-refractivity contribution < 1.29 is 9.53 Å². The lowest BCUT2D eigenvalue weighted by Crippen LogP contribution is -2.54. The summed E-state index contributed by atoms with van der Waals surface area (Å²) in [5.41, 5.74) is 5.79. The van der Waals surface area contributed by atoms with E-state index >= 15 is 0 Å². The first-order chi connectivity index (χ1) is 8.58. The summed E-state index contributed by atoms with van der Waals surface area (Å²) < 4.78 is 4.67. The summed E-state index contributed by atoms with van der Waals surface area (Å²) in [5, 5.41) is 0. The molecule has 0 amide bonds. The van der Waals surface area contributed by atoms with Crippen LogP contribution in [0.25, 0.3) is 0 Å². The van der Waals surface area contributed by atoms with E-state index < -0.39 is 0 Å². The zero-order chi connectivity index (χ0) is 13.5. The Morgan fingerprint density at radius 3 is 2.44 bits per heavy atom. The van der Waals surface area contributed by atoms with Gasteiger partial charge in [-0.15, -0.1) is 0 Å². The van der Waals surface area contributed by atoms with Gasteiger partial charge in [-0.1, -0.05) is 25.6 Å². The molecule has 1 fully saturated rings. The van der Waals surface area contributed by atoms with Gasteiger partial charge in [0.15, 0.2) is 0 Å². The smallest absolute Gasteiger partial charge is 0.319 e. The van der Waals surface area contributed by atoms with Gasteiger partial charge in [-0.3, -0.25) is 14.6 Å². The largest absolute Gasteiger partial charge is 0.468 e. The second kappa shape index (κ2) is 7.66. The van der Waals surface area contributed by atoms with Crippen LogP contribution in [0.2, 0.25) is 0 Å². The molecule has 18 heavy (non-hydrogen) atoms.